The Hall–Kier alpha value is -3.23. The van der Waals surface area contributed by atoms with Crippen molar-refractivity contribution in [1.29, 1.82) is 0 Å². The van der Waals surface area contributed by atoms with Gasteiger partial charge in [0.1, 0.15) is 0 Å². The van der Waals surface area contributed by atoms with Gasteiger partial charge in [-0.25, -0.2) is 9.67 Å². The van der Waals surface area contributed by atoms with E-state index in [4.69, 9.17) is 4.98 Å². The molecule has 0 fully saturated rings. The first-order chi connectivity index (χ1) is 15.0. The number of aromatic nitrogens is 4. The molecule has 1 aliphatic heterocycles. The predicted molar refractivity (Wildman–Crippen MR) is 122 cm³/mol. The summed E-state index contributed by atoms with van der Waals surface area (Å²) in [6, 6.07) is 13.6. The van der Waals surface area contributed by atoms with E-state index < -0.39 is 0 Å². The van der Waals surface area contributed by atoms with Gasteiger partial charge < -0.3 is 4.98 Å². The molecule has 0 bridgehead atoms. The predicted octanol–water partition coefficient (Wildman–Crippen LogP) is 2.85. The molecule has 5 rings (SSSR count). The lowest BCUT2D eigenvalue weighted by atomic mass is 10.1. The number of hydrogen-bond acceptors (Lipinski definition) is 5. The van der Waals surface area contributed by atoms with Crippen LogP contribution in [0.3, 0.4) is 0 Å². The van der Waals surface area contributed by atoms with E-state index in [1.807, 2.05) is 66.5 Å². The number of H-pyrrole nitrogens is 1. The van der Waals surface area contributed by atoms with Crippen molar-refractivity contribution in [2.75, 3.05) is 6.54 Å². The molecule has 4 aromatic rings. The first-order valence-electron chi connectivity index (χ1n) is 10.2. The average molecular weight is 434 g/mol. The average Bonchev–Trinajstić information content (AvgIpc) is 3.39. The molecule has 0 amide bonds. The zero-order valence-electron chi connectivity index (χ0n) is 17.5. The van der Waals surface area contributed by atoms with Gasteiger partial charge >= 0.3 is 0 Å². The summed E-state index contributed by atoms with van der Waals surface area (Å²) in [4.78, 5) is 36.7. The molecule has 8 heteroatoms. The molecule has 0 spiro atoms. The lowest BCUT2D eigenvalue weighted by Gasteiger charge is -2.27. The quantitative estimate of drug-likeness (QED) is 0.537. The molecular weight excluding hydrogens is 410 g/mol. The van der Waals surface area contributed by atoms with Crippen LogP contribution in [-0.2, 0) is 26.6 Å². The fourth-order valence-corrected chi connectivity index (χ4v) is 4.84. The van der Waals surface area contributed by atoms with Crippen molar-refractivity contribution in [3.05, 3.63) is 91.1 Å². The summed E-state index contributed by atoms with van der Waals surface area (Å²) < 4.78 is 3.59. The van der Waals surface area contributed by atoms with Crippen LogP contribution in [0.25, 0.3) is 16.4 Å². The highest BCUT2D eigenvalue weighted by Crippen LogP contribution is 2.23. The van der Waals surface area contributed by atoms with E-state index in [0.29, 0.717) is 30.9 Å². The van der Waals surface area contributed by atoms with Gasteiger partial charge in [-0.1, -0.05) is 24.3 Å². The molecule has 0 radical (unpaired) electrons. The Bertz CT molecular complexity index is 1350. The summed E-state index contributed by atoms with van der Waals surface area (Å²) in [7, 11) is 1.90. The molecule has 1 N–H and O–H groups in total. The van der Waals surface area contributed by atoms with Crippen molar-refractivity contribution in [3.63, 3.8) is 0 Å². The maximum Gasteiger partial charge on any atom is 0.276 e. The Labute approximate surface area is 183 Å². The Kier molecular flexibility index (Phi) is 4.95. The van der Waals surface area contributed by atoms with E-state index in [0.717, 1.165) is 34.1 Å². The van der Waals surface area contributed by atoms with Crippen LogP contribution in [0.5, 0.6) is 0 Å². The molecule has 158 valence electrons. The summed E-state index contributed by atoms with van der Waals surface area (Å²) in [5, 5.41) is 1.97. The van der Waals surface area contributed by atoms with E-state index in [-0.39, 0.29) is 11.1 Å². The number of fused-ring (bicyclic) bond motifs is 1. The summed E-state index contributed by atoms with van der Waals surface area (Å²) in [5.74, 6) is 0.636. The number of aromatic amines is 1. The second-order valence-corrected chi connectivity index (χ2v) is 8.77. The van der Waals surface area contributed by atoms with Crippen LogP contribution in [0.4, 0.5) is 0 Å². The number of para-hydroxylation sites is 1. The minimum absolute atomic E-state index is 0.0166. The standard InChI is InChI=1S/C23H23N5O2S/c1-15-17(23(30)28(26(15)2)16-7-4-3-5-8-16)13-27-11-10-19-18(14-27)22(29)25-21(24-19)20-9-6-12-31-20/h3-9,12H,10-11,13-14H2,1-2H3,(H,24,25,29). The van der Waals surface area contributed by atoms with Crippen molar-refractivity contribution in [2.24, 2.45) is 7.05 Å². The van der Waals surface area contributed by atoms with Gasteiger partial charge in [-0.15, -0.1) is 11.3 Å². The first kappa shape index (κ1) is 19.7. The molecule has 0 saturated carbocycles. The van der Waals surface area contributed by atoms with Crippen LogP contribution in [0, 0.1) is 6.92 Å². The second-order valence-electron chi connectivity index (χ2n) is 7.82. The van der Waals surface area contributed by atoms with Crippen LogP contribution >= 0.6 is 11.3 Å². The van der Waals surface area contributed by atoms with E-state index in [2.05, 4.69) is 9.88 Å². The number of hydrogen-bond donors (Lipinski definition) is 1. The monoisotopic (exact) mass is 433 g/mol. The van der Waals surface area contributed by atoms with Crippen LogP contribution in [0.15, 0.2) is 57.4 Å². The molecule has 1 aromatic carbocycles. The number of thiophene rings is 1. The van der Waals surface area contributed by atoms with Gasteiger partial charge in [-0.05, 0) is 30.5 Å². The molecule has 0 unspecified atom stereocenters. The third-order valence-electron chi connectivity index (χ3n) is 5.96. The molecule has 0 saturated heterocycles. The minimum Gasteiger partial charge on any atom is -0.306 e. The van der Waals surface area contributed by atoms with Crippen LogP contribution in [0.2, 0.25) is 0 Å². The van der Waals surface area contributed by atoms with Gasteiger partial charge in [0.15, 0.2) is 5.82 Å². The summed E-state index contributed by atoms with van der Waals surface area (Å²) in [5.41, 5.74) is 3.98. The molecule has 31 heavy (non-hydrogen) atoms. The maximum atomic E-state index is 13.2. The fraction of sp³-hybridized carbons (Fsp3) is 0.261. The highest BCUT2D eigenvalue weighted by atomic mass is 32.1. The second kappa shape index (κ2) is 7.79. The SMILES string of the molecule is Cc1c(CN2CCc3nc(-c4cccs4)[nH]c(=O)c3C2)c(=O)n(-c2ccccc2)n1C. The number of nitrogens with one attached hydrogen (secondary N) is 1. The van der Waals surface area contributed by atoms with Crippen molar-refractivity contribution in [3.8, 4) is 16.4 Å². The number of benzene rings is 1. The van der Waals surface area contributed by atoms with Crippen molar-refractivity contribution in [1.82, 2.24) is 24.2 Å². The van der Waals surface area contributed by atoms with E-state index >= 15 is 0 Å². The zero-order chi connectivity index (χ0) is 21.5. The summed E-state index contributed by atoms with van der Waals surface area (Å²) in [6.45, 7) is 3.72. The van der Waals surface area contributed by atoms with Gasteiger partial charge in [0, 0.05) is 38.8 Å². The highest BCUT2D eigenvalue weighted by molar-refractivity contribution is 7.13. The maximum absolute atomic E-state index is 13.2. The van der Waals surface area contributed by atoms with Crippen molar-refractivity contribution >= 4 is 11.3 Å². The largest absolute Gasteiger partial charge is 0.306 e. The third-order valence-corrected chi connectivity index (χ3v) is 6.83. The van der Waals surface area contributed by atoms with E-state index in [1.165, 1.54) is 0 Å². The van der Waals surface area contributed by atoms with E-state index in [1.54, 1.807) is 16.0 Å². The topological polar surface area (TPSA) is 75.9 Å². The van der Waals surface area contributed by atoms with Crippen LogP contribution < -0.4 is 11.1 Å². The number of rotatable bonds is 4. The fourth-order valence-electron chi connectivity index (χ4n) is 4.18. The Morgan fingerprint density at radius 1 is 1.13 bits per heavy atom. The molecule has 7 nitrogen and oxygen atoms in total. The van der Waals surface area contributed by atoms with Gasteiger partial charge in [0.05, 0.1) is 27.4 Å². The summed E-state index contributed by atoms with van der Waals surface area (Å²) in [6.07, 6.45) is 0.691. The van der Waals surface area contributed by atoms with Crippen molar-refractivity contribution in [2.45, 2.75) is 26.4 Å². The zero-order valence-corrected chi connectivity index (χ0v) is 18.3. The number of nitrogens with zero attached hydrogens (tertiary/aromatic N) is 4. The van der Waals surface area contributed by atoms with Crippen LogP contribution in [0.1, 0.15) is 22.5 Å². The molecule has 3 aromatic heterocycles. The Morgan fingerprint density at radius 3 is 2.68 bits per heavy atom. The molecule has 0 aliphatic carbocycles. The van der Waals surface area contributed by atoms with Gasteiger partial charge in [-0.2, -0.15) is 0 Å². The molecule has 0 atom stereocenters. The van der Waals surface area contributed by atoms with Gasteiger partial charge in [0.25, 0.3) is 11.1 Å². The normalized spacial score (nSPS) is 14.0. The first-order valence-corrected chi connectivity index (χ1v) is 11.1. The molecule has 4 heterocycles. The van der Waals surface area contributed by atoms with Crippen LogP contribution in [-0.4, -0.2) is 30.8 Å². The molecular formula is C23H23N5O2S. The lowest BCUT2D eigenvalue weighted by Crippen LogP contribution is -2.36. The molecule has 1 aliphatic rings. The summed E-state index contributed by atoms with van der Waals surface area (Å²) >= 11 is 1.56. The van der Waals surface area contributed by atoms with Crippen molar-refractivity contribution < 1.29 is 0 Å². The smallest absolute Gasteiger partial charge is 0.276 e. The minimum atomic E-state index is -0.0930. The third kappa shape index (κ3) is 3.47. The van der Waals surface area contributed by atoms with Gasteiger partial charge in [0.2, 0.25) is 0 Å². The lowest BCUT2D eigenvalue weighted by molar-refractivity contribution is 0.240. The Balaban J connectivity index is 1.44. The van der Waals surface area contributed by atoms with E-state index in [9.17, 15) is 9.59 Å². The Morgan fingerprint density at radius 2 is 1.94 bits per heavy atom. The van der Waals surface area contributed by atoms with Gasteiger partial charge in [-0.3, -0.25) is 19.2 Å². The highest BCUT2D eigenvalue weighted by Gasteiger charge is 2.25.